The van der Waals surface area contributed by atoms with Crippen molar-refractivity contribution >= 4 is 0 Å². The fourth-order valence-corrected chi connectivity index (χ4v) is 3.65. The van der Waals surface area contributed by atoms with Gasteiger partial charge in [0, 0.05) is 0 Å². The molecular weight excluding hydrogens is 304 g/mol. The van der Waals surface area contributed by atoms with Crippen LogP contribution in [0, 0.1) is 5.41 Å². The molecule has 4 heteroatoms. The van der Waals surface area contributed by atoms with Crippen LogP contribution >= 0.6 is 0 Å². The number of unbranched alkanes of at least 4 members (excludes halogenated alkanes) is 7. The molecule has 0 unspecified atom stereocenters. The van der Waals surface area contributed by atoms with Gasteiger partial charge in [-0.05, 0) is 47.6 Å². The van der Waals surface area contributed by atoms with Crippen molar-refractivity contribution in [3.63, 3.8) is 0 Å². The molecule has 4 nitrogen and oxygen atoms in total. The summed E-state index contributed by atoms with van der Waals surface area (Å²) in [4.78, 5) is 4.60. The summed E-state index contributed by atoms with van der Waals surface area (Å²) in [6.07, 6.45) is 19.8. The Morgan fingerprint density at radius 1 is 0.625 bits per heavy atom. The van der Waals surface area contributed by atoms with E-state index in [-0.39, 0.29) is 0 Å². The van der Waals surface area contributed by atoms with E-state index < -0.39 is 0 Å². The highest BCUT2D eigenvalue weighted by atomic mass is 17.6. The normalized spacial score (nSPS) is 12.0. The average molecular weight is 347 g/mol. The first-order chi connectivity index (χ1) is 11.7. The Kier molecular flexibility index (Phi) is 17.5. The van der Waals surface area contributed by atoms with E-state index in [0.717, 1.165) is 12.8 Å². The molecule has 1 N–H and O–H groups in total. The molecule has 0 amide bonds. The smallest absolute Gasteiger partial charge is 0.0854 e. The Morgan fingerprint density at radius 3 is 1.58 bits per heavy atom. The Balaban J connectivity index is 4.07. The van der Waals surface area contributed by atoms with Gasteiger partial charge >= 0.3 is 0 Å². The molecule has 0 aliphatic rings. The first-order valence-corrected chi connectivity index (χ1v) is 10.3. The van der Waals surface area contributed by atoms with Crippen LogP contribution in [-0.4, -0.2) is 11.9 Å². The van der Waals surface area contributed by atoms with Gasteiger partial charge in [0.1, 0.15) is 0 Å². The third-order valence-electron chi connectivity index (χ3n) is 5.20. The predicted octanol–water partition coefficient (Wildman–Crippen LogP) is 7.24. The molecule has 0 saturated carbocycles. The molecule has 0 aromatic heterocycles. The van der Waals surface area contributed by atoms with Crippen molar-refractivity contribution in [2.75, 3.05) is 6.61 Å². The number of hydrogen-bond donors (Lipinski definition) is 1. The molecule has 0 aromatic carbocycles. The molecular formula is C20H42O4. The summed E-state index contributed by atoms with van der Waals surface area (Å²) in [6.45, 7) is 7.42. The average Bonchev–Trinajstić information content (AvgIpc) is 2.61. The zero-order valence-corrected chi connectivity index (χ0v) is 16.5. The van der Waals surface area contributed by atoms with Crippen molar-refractivity contribution in [1.29, 1.82) is 0 Å². The van der Waals surface area contributed by atoms with Gasteiger partial charge in [-0.3, -0.25) is 0 Å². The maximum absolute atomic E-state index is 7.95. The van der Waals surface area contributed by atoms with Crippen LogP contribution in [0.15, 0.2) is 0 Å². The van der Waals surface area contributed by atoms with Crippen LogP contribution in [0.1, 0.15) is 117 Å². The summed E-state index contributed by atoms with van der Waals surface area (Å²) < 4.78 is 0. The van der Waals surface area contributed by atoms with E-state index in [1.807, 2.05) is 0 Å². The lowest BCUT2D eigenvalue weighted by atomic mass is 9.71. The maximum Gasteiger partial charge on any atom is 0.0854 e. The highest BCUT2D eigenvalue weighted by Gasteiger charge is 2.27. The molecule has 0 aliphatic carbocycles. The second kappa shape index (κ2) is 17.7. The summed E-state index contributed by atoms with van der Waals surface area (Å²) in [5.41, 5.74) is 0.609. The molecule has 0 atom stereocenters. The molecule has 24 heavy (non-hydrogen) atoms. The van der Waals surface area contributed by atoms with Gasteiger partial charge in [-0.25, -0.2) is 10.1 Å². The van der Waals surface area contributed by atoms with Crippen LogP contribution < -0.4 is 0 Å². The van der Waals surface area contributed by atoms with Gasteiger partial charge in [0.2, 0.25) is 0 Å². The van der Waals surface area contributed by atoms with E-state index in [1.54, 1.807) is 0 Å². The van der Waals surface area contributed by atoms with E-state index >= 15 is 0 Å². The minimum absolute atomic E-state index is 0.466. The van der Waals surface area contributed by atoms with Gasteiger partial charge in [0.25, 0.3) is 0 Å². The second-order valence-electron chi connectivity index (χ2n) is 7.29. The van der Waals surface area contributed by atoms with Crippen LogP contribution in [0.2, 0.25) is 0 Å². The summed E-state index contributed by atoms with van der Waals surface area (Å²) in [5.74, 6) is 0. The lowest BCUT2D eigenvalue weighted by Gasteiger charge is -2.35. The lowest BCUT2D eigenvalue weighted by molar-refractivity contribution is -0.623. The van der Waals surface area contributed by atoms with Gasteiger partial charge < -0.3 is 0 Å². The fourth-order valence-electron chi connectivity index (χ4n) is 3.65. The Morgan fingerprint density at radius 2 is 1.08 bits per heavy atom. The van der Waals surface area contributed by atoms with Gasteiger partial charge in [0.05, 0.1) is 6.61 Å². The Bertz CT molecular complexity index is 224. The first-order valence-electron chi connectivity index (χ1n) is 10.3. The van der Waals surface area contributed by atoms with Crippen molar-refractivity contribution in [1.82, 2.24) is 0 Å². The zero-order chi connectivity index (χ0) is 17.9. The minimum Gasteiger partial charge on any atom is -0.219 e. The molecule has 0 radical (unpaired) electrons. The van der Waals surface area contributed by atoms with Crippen LogP contribution in [-0.2, 0) is 15.0 Å². The summed E-state index contributed by atoms with van der Waals surface area (Å²) >= 11 is 0. The molecule has 0 aromatic rings. The van der Waals surface area contributed by atoms with Gasteiger partial charge in [-0.1, -0.05) is 85.0 Å². The van der Waals surface area contributed by atoms with E-state index in [4.69, 9.17) is 5.26 Å². The fraction of sp³-hybridized carbons (Fsp3) is 1.00. The van der Waals surface area contributed by atoms with Crippen molar-refractivity contribution in [2.24, 2.45) is 5.41 Å². The SMILES string of the molecule is CCCCC(CCCC)(CCCC)CCCCCCCOOOO. The monoisotopic (exact) mass is 346 g/mol. The van der Waals surface area contributed by atoms with Crippen molar-refractivity contribution < 1.29 is 20.2 Å². The number of hydrogen-bond acceptors (Lipinski definition) is 4. The van der Waals surface area contributed by atoms with Crippen molar-refractivity contribution in [3.05, 3.63) is 0 Å². The summed E-state index contributed by atoms with van der Waals surface area (Å²) in [7, 11) is 0. The highest BCUT2D eigenvalue weighted by Crippen LogP contribution is 2.41. The first kappa shape index (κ1) is 23.8. The molecule has 0 bridgehead atoms. The van der Waals surface area contributed by atoms with Crippen molar-refractivity contribution in [3.8, 4) is 0 Å². The van der Waals surface area contributed by atoms with E-state index in [0.29, 0.717) is 12.0 Å². The largest absolute Gasteiger partial charge is 0.219 e. The molecule has 0 heterocycles. The van der Waals surface area contributed by atoms with Crippen LogP contribution in [0.25, 0.3) is 0 Å². The second-order valence-corrected chi connectivity index (χ2v) is 7.29. The third-order valence-corrected chi connectivity index (χ3v) is 5.20. The Labute approximate surface area is 150 Å². The summed E-state index contributed by atoms with van der Waals surface area (Å²) in [5, 5.41) is 15.3. The van der Waals surface area contributed by atoms with Gasteiger partial charge in [-0.2, -0.15) is 0 Å². The van der Waals surface area contributed by atoms with Crippen LogP contribution in [0.4, 0.5) is 0 Å². The van der Waals surface area contributed by atoms with Crippen LogP contribution in [0.5, 0.6) is 0 Å². The van der Waals surface area contributed by atoms with Crippen molar-refractivity contribution in [2.45, 2.75) is 117 Å². The zero-order valence-electron chi connectivity index (χ0n) is 16.5. The summed E-state index contributed by atoms with van der Waals surface area (Å²) in [6, 6.07) is 0. The Hall–Kier alpha value is -0.160. The molecule has 146 valence electrons. The molecule has 0 spiro atoms. The van der Waals surface area contributed by atoms with E-state index in [2.05, 4.69) is 35.7 Å². The quantitative estimate of drug-likeness (QED) is 0.152. The van der Waals surface area contributed by atoms with E-state index in [9.17, 15) is 0 Å². The number of rotatable bonds is 19. The van der Waals surface area contributed by atoms with Crippen LogP contribution in [0.3, 0.4) is 0 Å². The minimum atomic E-state index is 0.466. The molecule has 0 aliphatic heterocycles. The predicted molar refractivity (Wildman–Crippen MR) is 99.5 cm³/mol. The molecule has 0 fully saturated rings. The van der Waals surface area contributed by atoms with Gasteiger partial charge in [-0.15, -0.1) is 0 Å². The lowest BCUT2D eigenvalue weighted by Crippen LogP contribution is -2.21. The molecule has 0 rings (SSSR count). The maximum atomic E-state index is 7.95. The topological polar surface area (TPSA) is 47.9 Å². The third kappa shape index (κ3) is 13.2. The van der Waals surface area contributed by atoms with Gasteiger partial charge in [0.15, 0.2) is 0 Å². The standard InChI is InChI=1S/C20H42O4/c1-4-7-15-20(16-8-5-2,17-9-6-3)18-13-11-10-12-14-19-22-24-23-21/h21H,4-19H2,1-3H3. The highest BCUT2D eigenvalue weighted by molar-refractivity contribution is 4.79. The van der Waals surface area contributed by atoms with E-state index in [1.165, 1.54) is 83.5 Å². The molecule has 0 saturated heterocycles.